The molecule has 9 aromatic carbocycles. The van der Waals surface area contributed by atoms with Crippen LogP contribution in [0, 0.1) is 34.1 Å². The van der Waals surface area contributed by atoms with Crippen LogP contribution in [0.1, 0.15) is 88.7 Å². The molecule has 10 rings (SSSR count). The Hall–Kier alpha value is -10.8. The summed E-state index contributed by atoms with van der Waals surface area (Å²) < 4.78 is 5.41. The molecule has 1 aliphatic rings. The third-order valence-corrected chi connectivity index (χ3v) is 16.1. The Kier molecular flexibility index (Phi) is 21.0. The van der Waals surface area contributed by atoms with Crippen LogP contribution in [0.15, 0.2) is 242 Å². The van der Waals surface area contributed by atoms with Crippen LogP contribution in [0.2, 0.25) is 0 Å². The fourth-order valence-corrected chi connectivity index (χ4v) is 10.9. The van der Waals surface area contributed by atoms with Crippen LogP contribution in [0.3, 0.4) is 0 Å². The molecule has 1 saturated heterocycles. The number of anilines is 1. The van der Waals surface area contributed by atoms with Crippen molar-refractivity contribution in [1.29, 1.82) is 0 Å². The summed E-state index contributed by atoms with van der Waals surface area (Å²) in [5.41, 5.74) is 6.69. The first-order valence-corrected chi connectivity index (χ1v) is 29.6. The zero-order valence-electron chi connectivity index (χ0n) is 48.9. The van der Waals surface area contributed by atoms with E-state index in [-0.39, 0.29) is 56.6 Å². The van der Waals surface area contributed by atoms with Gasteiger partial charge >= 0.3 is 11.9 Å². The van der Waals surface area contributed by atoms with E-state index < -0.39 is 33.4 Å². The van der Waals surface area contributed by atoms with Gasteiger partial charge in [-0.05, 0) is 157 Å². The van der Waals surface area contributed by atoms with Gasteiger partial charge in [0.15, 0.2) is 23.0 Å². The summed E-state index contributed by atoms with van der Waals surface area (Å²) in [6.07, 6.45) is 0. The smallest absolute Gasteiger partial charge is 0.332 e. The number of aryl methyl sites for hydroxylation is 2. The molecular formula is C70H55N5O13S2. The first-order valence-electron chi connectivity index (χ1n) is 27.9. The van der Waals surface area contributed by atoms with Crippen molar-refractivity contribution in [2.24, 2.45) is 10.3 Å². The number of carbonyl (C=O) groups excluding carboxylic acids is 6. The van der Waals surface area contributed by atoms with Crippen LogP contribution in [0.4, 0.5) is 17.1 Å². The highest BCUT2D eigenvalue weighted by Gasteiger charge is 2.25. The molecule has 1 heterocycles. The molecule has 450 valence electrons. The van der Waals surface area contributed by atoms with Crippen molar-refractivity contribution in [2.75, 3.05) is 31.2 Å². The minimum absolute atomic E-state index is 0.0619. The lowest BCUT2D eigenvalue weighted by Crippen LogP contribution is -2.36. The van der Waals surface area contributed by atoms with Gasteiger partial charge in [-0.25, -0.2) is 9.59 Å². The number of hydrogen-bond donors (Lipinski definition) is 0. The first kappa shape index (κ1) is 63.7. The predicted molar refractivity (Wildman–Crippen MR) is 343 cm³/mol. The van der Waals surface area contributed by atoms with E-state index in [2.05, 4.69) is 15.2 Å². The van der Waals surface area contributed by atoms with Gasteiger partial charge in [0.05, 0.1) is 23.1 Å². The Morgan fingerprint density at radius 2 is 0.778 bits per heavy atom. The van der Waals surface area contributed by atoms with Gasteiger partial charge in [-0.3, -0.25) is 39.4 Å². The molecule has 0 amide bonds. The number of ether oxygens (including phenoxy) is 1. The van der Waals surface area contributed by atoms with Crippen LogP contribution >= 0.6 is 23.5 Å². The second-order valence-corrected chi connectivity index (χ2v) is 22.6. The molecule has 1 fully saturated rings. The molecule has 0 bridgehead atoms. The number of oxime groups is 2. The molecule has 0 N–H and O–H groups in total. The first-order chi connectivity index (χ1) is 43.4. The van der Waals surface area contributed by atoms with Gasteiger partial charge in [0.2, 0.25) is 11.6 Å². The van der Waals surface area contributed by atoms with Gasteiger partial charge < -0.3 is 19.3 Å². The third-order valence-electron chi connectivity index (χ3n) is 14.0. The number of nitro benzene ring substituents is 2. The highest BCUT2D eigenvalue weighted by Crippen LogP contribution is 2.32. The van der Waals surface area contributed by atoms with Crippen LogP contribution in [0.25, 0.3) is 11.1 Å². The largest absolute Gasteiger partial charge is 0.378 e. The lowest BCUT2D eigenvalue weighted by molar-refractivity contribution is -0.385. The van der Waals surface area contributed by atoms with Crippen LogP contribution < -0.4 is 4.90 Å². The van der Waals surface area contributed by atoms with Crippen molar-refractivity contribution in [2.45, 2.75) is 47.3 Å². The van der Waals surface area contributed by atoms with Crippen molar-refractivity contribution in [3.05, 3.63) is 288 Å². The molecule has 20 heteroatoms. The Morgan fingerprint density at radius 3 is 1.13 bits per heavy atom. The molecule has 9 aromatic rings. The van der Waals surface area contributed by atoms with Crippen LogP contribution in [-0.2, 0) is 24.0 Å². The number of non-ortho nitro benzene ring substituents is 2. The zero-order valence-corrected chi connectivity index (χ0v) is 50.5. The van der Waals surface area contributed by atoms with E-state index in [4.69, 9.17) is 14.4 Å². The molecule has 0 unspecified atom stereocenters. The monoisotopic (exact) mass is 1240 g/mol. The molecule has 0 aromatic heterocycles. The van der Waals surface area contributed by atoms with E-state index in [1.807, 2.05) is 103 Å². The Morgan fingerprint density at radius 1 is 0.444 bits per heavy atom. The second-order valence-electron chi connectivity index (χ2n) is 20.3. The van der Waals surface area contributed by atoms with Crippen molar-refractivity contribution in [1.82, 2.24) is 0 Å². The highest BCUT2D eigenvalue weighted by atomic mass is 32.2. The maximum absolute atomic E-state index is 13.4. The quantitative estimate of drug-likeness (QED) is 0.0226. The summed E-state index contributed by atoms with van der Waals surface area (Å²) in [4.78, 5) is 113. The molecule has 0 saturated carbocycles. The Balaban J connectivity index is 0.000000213. The number of ketones is 4. The predicted octanol–water partition coefficient (Wildman–Crippen LogP) is 14.4. The van der Waals surface area contributed by atoms with E-state index in [0.717, 1.165) is 63.3 Å². The molecule has 1 aliphatic heterocycles. The van der Waals surface area contributed by atoms with Gasteiger partial charge in [0, 0.05) is 121 Å². The molecule has 0 aliphatic carbocycles. The Labute approximate surface area is 525 Å². The van der Waals surface area contributed by atoms with E-state index in [1.54, 1.807) is 86.6 Å². The van der Waals surface area contributed by atoms with Crippen molar-refractivity contribution >= 4 is 87.1 Å². The SMILES string of the molecule is CC(=O)O/N=C(\C(=O)c1ccc(Sc2ccc(C(=O)c3ccc(-c4ccccc4)cc3)cc2)cc1)c1cc([N+](=O)[O-])ccc1C.CC(=O)O/N=C(\C(=O)c1ccc(Sc2ccc(C(=O)c3ccc(N4CCOCC4)cc3)cc2)cc1)c1cc([N+](=O)[O-])ccc1C. The fraction of sp³-hybridized carbons (Fsp3) is 0.114. The van der Waals surface area contributed by atoms with Gasteiger partial charge in [-0.1, -0.05) is 101 Å². The lowest BCUT2D eigenvalue weighted by Gasteiger charge is -2.28. The number of carbonyl (C=O) groups is 6. The molecule has 0 atom stereocenters. The number of nitro groups is 2. The number of Topliss-reactive ketones (excluding diaryl/α,β-unsaturated/α-hetero) is 2. The summed E-state index contributed by atoms with van der Waals surface area (Å²) in [5, 5.41) is 30.2. The number of morpholine rings is 1. The maximum Gasteiger partial charge on any atom is 0.332 e. The average Bonchev–Trinajstić information content (AvgIpc) is 0.975. The fourth-order valence-electron chi connectivity index (χ4n) is 9.27. The number of rotatable bonds is 20. The highest BCUT2D eigenvalue weighted by molar-refractivity contribution is 7.99. The van der Waals surface area contributed by atoms with Gasteiger partial charge in [-0.2, -0.15) is 0 Å². The van der Waals surface area contributed by atoms with E-state index in [0.29, 0.717) is 46.6 Å². The molecule has 18 nitrogen and oxygen atoms in total. The van der Waals surface area contributed by atoms with Gasteiger partial charge in [-0.15, -0.1) is 0 Å². The van der Waals surface area contributed by atoms with Crippen molar-refractivity contribution < 1.29 is 53.0 Å². The normalized spacial score (nSPS) is 12.2. The number of benzene rings is 9. The molecule has 0 radical (unpaired) electrons. The van der Waals surface area contributed by atoms with Crippen molar-refractivity contribution in [3.8, 4) is 11.1 Å². The standard InChI is InChI=1S/C36H26N2O6S.C34H29N3O7S/c1-23-8-17-30(38(42)43)22-33(23)34(37-44-24(2)39)36(41)29-15-20-32(21-16-29)45-31-18-13-28(14-19-31)35(40)27-11-9-26(10-12-27)25-6-4-3-5-7-25;1-22-3-10-28(37(41)42)21-31(22)32(35-44-23(2)38)34(40)26-8-15-30(16-9-26)45-29-13-6-25(7-14-29)33(39)24-4-11-27(12-5-24)36-17-19-43-20-18-36/h3-22H,1-2H3;3-16,21H,17-20H2,1-2H3/b37-34-;35-32-. The molecular weight excluding hydrogens is 1180 g/mol. The van der Waals surface area contributed by atoms with E-state index >= 15 is 0 Å². The summed E-state index contributed by atoms with van der Waals surface area (Å²) in [6.45, 7) is 8.69. The number of hydrogen-bond acceptors (Lipinski definition) is 18. The topological polar surface area (TPSA) is 244 Å². The second kappa shape index (κ2) is 29.7. The van der Waals surface area contributed by atoms with Crippen molar-refractivity contribution in [3.63, 3.8) is 0 Å². The van der Waals surface area contributed by atoms with Crippen LogP contribution in [0.5, 0.6) is 0 Å². The summed E-state index contributed by atoms with van der Waals surface area (Å²) in [7, 11) is 0. The zero-order chi connectivity index (χ0) is 63.8. The number of nitrogens with zero attached hydrogens (tertiary/aromatic N) is 5. The maximum atomic E-state index is 13.4. The average molecular weight is 1240 g/mol. The third kappa shape index (κ3) is 16.4. The van der Waals surface area contributed by atoms with E-state index in [9.17, 15) is 49.0 Å². The lowest BCUT2D eigenvalue weighted by atomic mass is 9.97. The van der Waals surface area contributed by atoms with Gasteiger partial charge in [0.25, 0.3) is 11.4 Å². The van der Waals surface area contributed by atoms with Gasteiger partial charge in [0.1, 0.15) is 0 Å². The Bertz CT molecular complexity index is 4230. The van der Waals surface area contributed by atoms with Crippen LogP contribution in [-0.4, -0.2) is 82.6 Å². The molecule has 0 spiro atoms. The minimum Gasteiger partial charge on any atom is -0.378 e. The summed E-state index contributed by atoms with van der Waals surface area (Å²) in [5.74, 6) is -2.71. The van der Waals surface area contributed by atoms with E-state index in [1.165, 1.54) is 59.9 Å². The molecule has 90 heavy (non-hydrogen) atoms. The summed E-state index contributed by atoms with van der Waals surface area (Å²) >= 11 is 2.91. The summed E-state index contributed by atoms with van der Waals surface area (Å²) in [6, 6.07) is 61.4. The minimum atomic E-state index is -0.733.